The third kappa shape index (κ3) is 5.65. The van der Waals surface area contributed by atoms with E-state index in [4.69, 9.17) is 16.6 Å². The number of carbonyl (C=O) groups excluding carboxylic acids is 1. The van der Waals surface area contributed by atoms with Gasteiger partial charge in [-0.25, -0.2) is 4.79 Å². The Morgan fingerprint density at radius 1 is 1.00 bits per heavy atom. The minimum absolute atomic E-state index is 0.0418. The number of rotatable bonds is 5. The van der Waals surface area contributed by atoms with Gasteiger partial charge in [0.1, 0.15) is 11.3 Å². The highest BCUT2D eigenvalue weighted by atomic mass is 32.1. The van der Waals surface area contributed by atoms with Gasteiger partial charge in [0, 0.05) is 35.8 Å². The van der Waals surface area contributed by atoms with Crippen molar-refractivity contribution in [3.63, 3.8) is 0 Å². The first kappa shape index (κ1) is 26.1. The molecule has 5 rings (SSSR count). The Morgan fingerprint density at radius 3 is 2.51 bits per heavy atom. The lowest BCUT2D eigenvalue weighted by atomic mass is 10.0. The predicted octanol–water partition coefficient (Wildman–Crippen LogP) is 5.79. The molecule has 0 radical (unpaired) electrons. The van der Waals surface area contributed by atoms with Crippen LogP contribution in [0.3, 0.4) is 0 Å². The van der Waals surface area contributed by atoms with E-state index < -0.39 is 16.5 Å². The first-order valence-electron chi connectivity index (χ1n) is 12.6. The summed E-state index contributed by atoms with van der Waals surface area (Å²) in [6, 6.07) is 18.9. The normalized spacial score (nSPS) is 13.2. The van der Waals surface area contributed by atoms with Gasteiger partial charge >= 0.3 is 5.63 Å². The third-order valence-electron chi connectivity index (χ3n) is 6.77. The number of anilines is 2. The molecule has 39 heavy (non-hydrogen) atoms. The van der Waals surface area contributed by atoms with Crippen molar-refractivity contribution in [3.8, 4) is 11.1 Å². The molecule has 0 atom stereocenters. The number of benzene rings is 3. The maximum absolute atomic E-state index is 12.8. The van der Waals surface area contributed by atoms with Crippen LogP contribution in [0.5, 0.6) is 0 Å². The molecule has 1 aliphatic rings. The monoisotopic (exact) mass is 542 g/mol. The summed E-state index contributed by atoms with van der Waals surface area (Å²) >= 11 is 5.32. The molecule has 2 N–H and O–H groups in total. The molecule has 9 nitrogen and oxygen atoms in total. The second-order valence-electron chi connectivity index (χ2n) is 9.43. The molecule has 1 saturated heterocycles. The molecule has 2 heterocycles. The average molecular weight is 543 g/mol. The maximum Gasteiger partial charge on any atom is 0.344 e. The molecule has 0 saturated carbocycles. The van der Waals surface area contributed by atoms with Gasteiger partial charge in [-0.2, -0.15) is 0 Å². The largest absolute Gasteiger partial charge is 0.422 e. The summed E-state index contributed by atoms with van der Waals surface area (Å²) in [5, 5.41) is 18.1. The standard InChI is InChI=1S/C29H26N4O5S/c1-18-15-21(10-11-22(18)23-16-19-7-3-4-8-26(19)38-28(23)35)30-29(39)31-27(34)20-9-12-24(25(17-20)33(36)37)32-13-5-2-6-14-32/h3-4,7-12,15-17H,2,5-6,13-14H2,1H3,(H2,30,31,34,39). The minimum Gasteiger partial charge on any atom is -0.422 e. The maximum atomic E-state index is 12.8. The fourth-order valence-corrected chi connectivity index (χ4v) is 5.05. The van der Waals surface area contributed by atoms with E-state index in [-0.39, 0.29) is 16.4 Å². The van der Waals surface area contributed by atoms with Crippen LogP contribution in [-0.2, 0) is 0 Å². The second kappa shape index (κ2) is 11.0. The number of hydrogen-bond donors (Lipinski definition) is 2. The van der Waals surface area contributed by atoms with Crippen molar-refractivity contribution in [2.24, 2.45) is 0 Å². The number of nitro groups is 1. The number of nitro benzene ring substituents is 1. The Kier molecular flexibility index (Phi) is 7.38. The molecule has 1 amide bonds. The van der Waals surface area contributed by atoms with E-state index in [0.29, 0.717) is 22.5 Å². The van der Waals surface area contributed by atoms with Gasteiger partial charge in [0.25, 0.3) is 11.6 Å². The van der Waals surface area contributed by atoms with Gasteiger partial charge in [-0.1, -0.05) is 24.3 Å². The first-order valence-corrected chi connectivity index (χ1v) is 13.0. The number of thiocarbonyl (C=S) groups is 1. The van der Waals surface area contributed by atoms with Crippen LogP contribution in [0, 0.1) is 17.0 Å². The second-order valence-corrected chi connectivity index (χ2v) is 9.84. The van der Waals surface area contributed by atoms with Crippen LogP contribution >= 0.6 is 12.2 Å². The molecule has 198 valence electrons. The molecule has 0 spiro atoms. The number of aryl methyl sites for hydroxylation is 1. The minimum atomic E-state index is -0.553. The zero-order valence-corrected chi connectivity index (χ0v) is 22.0. The first-order chi connectivity index (χ1) is 18.8. The topological polar surface area (TPSA) is 118 Å². The number of hydrogen-bond acceptors (Lipinski definition) is 7. The van der Waals surface area contributed by atoms with Crippen LogP contribution in [0.2, 0.25) is 0 Å². The molecule has 10 heteroatoms. The summed E-state index contributed by atoms with van der Waals surface area (Å²) in [5.74, 6) is -0.553. The van der Waals surface area contributed by atoms with Gasteiger partial charge in [0.05, 0.1) is 10.5 Å². The van der Waals surface area contributed by atoms with Crippen LogP contribution in [0.15, 0.2) is 75.9 Å². The van der Waals surface area contributed by atoms with Crippen molar-refractivity contribution >= 4 is 51.3 Å². The SMILES string of the molecule is Cc1cc(NC(=S)NC(=O)c2ccc(N3CCCCC3)c([N+](=O)[O-])c2)ccc1-c1cc2ccccc2oc1=O. The molecule has 0 aliphatic carbocycles. The van der Waals surface area contributed by atoms with Crippen LogP contribution in [0.4, 0.5) is 17.1 Å². The van der Waals surface area contributed by atoms with Crippen molar-refractivity contribution in [2.75, 3.05) is 23.3 Å². The van der Waals surface area contributed by atoms with Crippen molar-refractivity contribution in [1.82, 2.24) is 5.32 Å². The summed E-state index contributed by atoms with van der Waals surface area (Å²) in [5.41, 5.74) is 3.23. The Balaban J connectivity index is 1.29. The van der Waals surface area contributed by atoms with Crippen LogP contribution in [0.1, 0.15) is 35.2 Å². The molecule has 1 aromatic heterocycles. The predicted molar refractivity (Wildman–Crippen MR) is 156 cm³/mol. The van der Waals surface area contributed by atoms with E-state index in [9.17, 15) is 19.7 Å². The molecule has 0 unspecified atom stereocenters. The van der Waals surface area contributed by atoms with Crippen LogP contribution in [-0.4, -0.2) is 29.0 Å². The average Bonchev–Trinajstić information content (AvgIpc) is 2.93. The summed E-state index contributed by atoms with van der Waals surface area (Å²) in [4.78, 5) is 38.7. The number of nitrogens with one attached hydrogen (secondary N) is 2. The number of piperidine rings is 1. The van der Waals surface area contributed by atoms with Gasteiger partial charge in [0.2, 0.25) is 0 Å². The molecule has 0 bridgehead atoms. The number of amides is 1. The Labute approximate surface area is 229 Å². The zero-order chi connectivity index (χ0) is 27.5. The molecule has 1 aliphatic heterocycles. The summed E-state index contributed by atoms with van der Waals surface area (Å²) < 4.78 is 5.46. The van der Waals surface area contributed by atoms with Crippen LogP contribution < -0.4 is 21.2 Å². The highest BCUT2D eigenvalue weighted by Crippen LogP contribution is 2.31. The van der Waals surface area contributed by atoms with Crippen molar-refractivity contribution in [3.05, 3.63) is 98.4 Å². The lowest BCUT2D eigenvalue weighted by Gasteiger charge is -2.28. The number of para-hydroxylation sites is 1. The Bertz CT molecular complexity index is 1660. The summed E-state index contributed by atoms with van der Waals surface area (Å²) in [7, 11) is 0. The Morgan fingerprint density at radius 2 is 1.77 bits per heavy atom. The van der Waals surface area contributed by atoms with Crippen molar-refractivity contribution in [2.45, 2.75) is 26.2 Å². The molecule has 3 aromatic carbocycles. The van der Waals surface area contributed by atoms with E-state index in [1.165, 1.54) is 6.07 Å². The zero-order valence-electron chi connectivity index (χ0n) is 21.2. The fraction of sp³-hybridized carbons (Fsp3) is 0.207. The van der Waals surface area contributed by atoms with Gasteiger partial charge in [-0.15, -0.1) is 0 Å². The van der Waals surface area contributed by atoms with E-state index in [2.05, 4.69) is 10.6 Å². The van der Waals surface area contributed by atoms with E-state index >= 15 is 0 Å². The van der Waals surface area contributed by atoms with E-state index in [1.807, 2.05) is 30.0 Å². The third-order valence-corrected chi connectivity index (χ3v) is 6.98. The van der Waals surface area contributed by atoms with Gasteiger partial charge < -0.3 is 14.6 Å². The molecular formula is C29H26N4O5S. The van der Waals surface area contributed by atoms with Gasteiger partial charge in [0.15, 0.2) is 5.11 Å². The molecule has 1 fully saturated rings. The smallest absolute Gasteiger partial charge is 0.344 e. The Hall–Kier alpha value is -4.57. The van der Waals surface area contributed by atoms with Crippen LogP contribution in [0.25, 0.3) is 22.1 Å². The van der Waals surface area contributed by atoms with Crippen molar-refractivity contribution in [1.29, 1.82) is 0 Å². The van der Waals surface area contributed by atoms with Gasteiger partial charge in [-0.3, -0.25) is 20.2 Å². The van der Waals surface area contributed by atoms with Gasteiger partial charge in [-0.05, 0) is 85.9 Å². The highest BCUT2D eigenvalue weighted by Gasteiger charge is 2.23. The lowest BCUT2D eigenvalue weighted by Crippen LogP contribution is -2.34. The van der Waals surface area contributed by atoms with E-state index in [0.717, 1.165) is 48.9 Å². The van der Waals surface area contributed by atoms with E-state index in [1.54, 1.807) is 42.5 Å². The summed E-state index contributed by atoms with van der Waals surface area (Å²) in [6.45, 7) is 3.37. The number of carbonyl (C=O) groups is 1. The summed E-state index contributed by atoms with van der Waals surface area (Å²) in [6.07, 6.45) is 3.07. The number of fused-ring (bicyclic) bond motifs is 1. The number of nitrogens with zero attached hydrogens (tertiary/aromatic N) is 2. The fourth-order valence-electron chi connectivity index (χ4n) is 4.84. The van der Waals surface area contributed by atoms with Crippen molar-refractivity contribution < 1.29 is 14.1 Å². The highest BCUT2D eigenvalue weighted by molar-refractivity contribution is 7.80. The molecular weight excluding hydrogens is 516 g/mol. The molecule has 4 aromatic rings. The lowest BCUT2D eigenvalue weighted by molar-refractivity contribution is -0.384. The quantitative estimate of drug-likeness (QED) is 0.141.